The molecule has 0 spiro atoms. The molecule has 0 unspecified atom stereocenters. The molecule has 2 amide bonds. The van der Waals surface area contributed by atoms with Crippen LogP contribution >= 0.6 is 0 Å². The zero-order valence-corrected chi connectivity index (χ0v) is 20.6. The van der Waals surface area contributed by atoms with Gasteiger partial charge in [0, 0.05) is 43.4 Å². The molecule has 2 aliphatic rings. The van der Waals surface area contributed by atoms with Crippen LogP contribution in [0, 0.1) is 5.92 Å². The Bertz CT molecular complexity index is 1420. The maximum atomic E-state index is 13.0. The average Bonchev–Trinajstić information content (AvgIpc) is 2.89. The number of urea groups is 1. The molecule has 10 heteroatoms. The molecule has 2 aromatic carbocycles. The predicted octanol–water partition coefficient (Wildman–Crippen LogP) is 3.83. The quantitative estimate of drug-likeness (QED) is 0.466. The number of nitrogens with one attached hydrogen (secondary N) is 2. The molecule has 0 radical (unpaired) electrons. The molecule has 10 nitrogen and oxygen atoms in total. The number of rotatable bonds is 6. The number of carbonyl (C=O) groups excluding carboxylic acids is 1. The maximum absolute atomic E-state index is 13.0. The summed E-state index contributed by atoms with van der Waals surface area (Å²) in [6, 6.07) is 14.6. The Hall–Kier alpha value is -4.47. The van der Waals surface area contributed by atoms with E-state index in [-0.39, 0.29) is 23.0 Å². The Kier molecular flexibility index (Phi) is 6.47. The van der Waals surface area contributed by atoms with Crippen LogP contribution in [0.25, 0.3) is 0 Å². The van der Waals surface area contributed by atoms with E-state index in [2.05, 4.69) is 15.5 Å². The standard InChI is InChI=1S/C27H28N4O6/c1-36-19-7-8-20(24(12-19)37-2)28-27(35)29-21-11-17(26(33)34)6-9-23(21)30-13-16-10-18(15-30)22-4-3-5-25(32)31(22)14-16/h3-9,11-12,16,18H,10,13-15H2,1-2H3,(H,33,34)(H2,28,29,35)/t16-,18+/m1/s1. The van der Waals surface area contributed by atoms with Gasteiger partial charge in [0.1, 0.15) is 11.5 Å². The van der Waals surface area contributed by atoms with Crippen molar-refractivity contribution in [2.24, 2.45) is 5.92 Å². The number of benzene rings is 2. The van der Waals surface area contributed by atoms with E-state index < -0.39 is 12.0 Å². The summed E-state index contributed by atoms with van der Waals surface area (Å²) >= 11 is 0. The van der Waals surface area contributed by atoms with Crippen molar-refractivity contribution in [2.75, 3.05) is 42.8 Å². The van der Waals surface area contributed by atoms with Crippen molar-refractivity contribution in [1.29, 1.82) is 0 Å². The molecule has 0 saturated carbocycles. The van der Waals surface area contributed by atoms with Gasteiger partial charge in [-0.1, -0.05) is 6.07 Å². The minimum atomic E-state index is -1.09. The molecule has 1 fully saturated rings. The Morgan fingerprint density at radius 1 is 0.946 bits per heavy atom. The van der Waals surface area contributed by atoms with Gasteiger partial charge in [0.25, 0.3) is 5.56 Å². The van der Waals surface area contributed by atoms with Crippen LogP contribution in [-0.4, -0.2) is 49.0 Å². The molecule has 1 saturated heterocycles. The summed E-state index contributed by atoms with van der Waals surface area (Å²) in [4.78, 5) is 39.2. The van der Waals surface area contributed by atoms with Crippen molar-refractivity contribution in [3.8, 4) is 11.5 Å². The number of carbonyl (C=O) groups is 2. The van der Waals surface area contributed by atoms with E-state index in [1.807, 2.05) is 10.6 Å². The van der Waals surface area contributed by atoms with Gasteiger partial charge in [-0.2, -0.15) is 0 Å². The maximum Gasteiger partial charge on any atom is 0.335 e. The van der Waals surface area contributed by atoms with Crippen LogP contribution in [0.2, 0.25) is 0 Å². The number of hydrogen-bond donors (Lipinski definition) is 3. The van der Waals surface area contributed by atoms with Crippen molar-refractivity contribution in [2.45, 2.75) is 18.9 Å². The number of nitrogens with zero attached hydrogens (tertiary/aromatic N) is 2. The van der Waals surface area contributed by atoms with Crippen molar-refractivity contribution in [3.05, 3.63) is 76.2 Å². The van der Waals surface area contributed by atoms with Gasteiger partial charge < -0.3 is 34.7 Å². The molecular formula is C27H28N4O6. The van der Waals surface area contributed by atoms with Crippen molar-refractivity contribution >= 4 is 29.1 Å². The van der Waals surface area contributed by atoms with Gasteiger partial charge >= 0.3 is 12.0 Å². The molecule has 2 aliphatic heterocycles. The number of piperidine rings is 1. The Balaban J connectivity index is 1.42. The van der Waals surface area contributed by atoms with Gasteiger partial charge in [0.05, 0.1) is 36.8 Å². The normalized spacial score (nSPS) is 17.9. The second-order valence-corrected chi connectivity index (χ2v) is 9.29. The summed E-state index contributed by atoms with van der Waals surface area (Å²) in [6.07, 6.45) is 0.980. The second-order valence-electron chi connectivity index (χ2n) is 9.29. The number of aromatic carboxylic acids is 1. The molecule has 0 aliphatic carbocycles. The predicted molar refractivity (Wildman–Crippen MR) is 139 cm³/mol. The van der Waals surface area contributed by atoms with Gasteiger partial charge in [-0.3, -0.25) is 4.79 Å². The summed E-state index contributed by atoms with van der Waals surface area (Å²) in [5.41, 5.74) is 2.63. The van der Waals surface area contributed by atoms with Gasteiger partial charge in [0.15, 0.2) is 0 Å². The fourth-order valence-electron chi connectivity index (χ4n) is 5.32. The molecule has 5 rings (SSSR count). The molecule has 3 aromatic rings. The lowest BCUT2D eigenvalue weighted by Crippen LogP contribution is -2.47. The fraction of sp³-hybridized carbons (Fsp3) is 0.296. The lowest BCUT2D eigenvalue weighted by atomic mass is 9.83. The summed E-state index contributed by atoms with van der Waals surface area (Å²) in [5, 5.41) is 15.2. The molecular weight excluding hydrogens is 476 g/mol. The first-order valence-electron chi connectivity index (χ1n) is 12.0. The lowest BCUT2D eigenvalue weighted by Gasteiger charge is -2.44. The molecule has 2 bridgehead atoms. The second kappa shape index (κ2) is 9.88. The zero-order valence-electron chi connectivity index (χ0n) is 20.6. The highest BCUT2D eigenvalue weighted by molar-refractivity contribution is 6.04. The highest BCUT2D eigenvalue weighted by Gasteiger charge is 2.35. The third-order valence-electron chi connectivity index (χ3n) is 6.97. The van der Waals surface area contributed by atoms with Crippen molar-refractivity contribution < 1.29 is 24.2 Å². The SMILES string of the molecule is COc1ccc(NC(=O)Nc2cc(C(=O)O)ccc2N2C[C@H]3C[C@@H](C2)c2cccc(=O)n2C3)c(OC)c1. The summed E-state index contributed by atoms with van der Waals surface area (Å²) in [5.74, 6) is 0.336. The number of hydrogen-bond acceptors (Lipinski definition) is 6. The smallest absolute Gasteiger partial charge is 0.335 e. The summed E-state index contributed by atoms with van der Waals surface area (Å²) in [6.45, 7) is 1.97. The van der Waals surface area contributed by atoms with E-state index in [0.717, 1.165) is 17.8 Å². The minimum Gasteiger partial charge on any atom is -0.497 e. The van der Waals surface area contributed by atoms with E-state index in [0.29, 0.717) is 42.5 Å². The Morgan fingerprint density at radius 2 is 1.76 bits per heavy atom. The van der Waals surface area contributed by atoms with Crippen molar-refractivity contribution in [3.63, 3.8) is 0 Å². The number of aromatic nitrogens is 1. The van der Waals surface area contributed by atoms with Crippen LogP contribution in [0.4, 0.5) is 21.9 Å². The first-order chi connectivity index (χ1) is 17.9. The highest BCUT2D eigenvalue weighted by Crippen LogP contribution is 2.39. The van der Waals surface area contributed by atoms with E-state index in [1.165, 1.54) is 26.4 Å². The summed E-state index contributed by atoms with van der Waals surface area (Å²) < 4.78 is 12.4. The first kappa shape index (κ1) is 24.2. The van der Waals surface area contributed by atoms with Gasteiger partial charge in [-0.15, -0.1) is 0 Å². The number of amides is 2. The molecule has 37 heavy (non-hydrogen) atoms. The summed E-state index contributed by atoms with van der Waals surface area (Å²) in [7, 11) is 3.03. The monoisotopic (exact) mass is 504 g/mol. The van der Waals surface area contributed by atoms with Crippen LogP contribution in [0.5, 0.6) is 11.5 Å². The van der Waals surface area contributed by atoms with E-state index in [4.69, 9.17) is 9.47 Å². The van der Waals surface area contributed by atoms with Gasteiger partial charge in [0.2, 0.25) is 0 Å². The van der Waals surface area contributed by atoms with Gasteiger partial charge in [-0.25, -0.2) is 9.59 Å². The number of anilines is 3. The first-order valence-corrected chi connectivity index (χ1v) is 12.0. The number of fused-ring (bicyclic) bond motifs is 4. The van der Waals surface area contributed by atoms with Crippen LogP contribution < -0.4 is 30.6 Å². The average molecular weight is 505 g/mol. The number of carboxylic acid groups (broad SMARTS) is 1. The van der Waals surface area contributed by atoms with Crippen LogP contribution in [-0.2, 0) is 6.54 Å². The number of methoxy groups -OCH3 is 2. The van der Waals surface area contributed by atoms with E-state index in [9.17, 15) is 19.5 Å². The molecule has 1 aromatic heterocycles. The molecule has 3 N–H and O–H groups in total. The topological polar surface area (TPSA) is 122 Å². The zero-order chi connectivity index (χ0) is 26.1. The minimum absolute atomic E-state index is 0.0134. The number of ether oxygens (including phenoxy) is 2. The Morgan fingerprint density at radius 3 is 2.51 bits per heavy atom. The van der Waals surface area contributed by atoms with E-state index in [1.54, 1.807) is 36.4 Å². The lowest BCUT2D eigenvalue weighted by molar-refractivity contribution is 0.0697. The molecule has 2 atom stereocenters. The fourth-order valence-corrected chi connectivity index (χ4v) is 5.32. The largest absolute Gasteiger partial charge is 0.497 e. The Labute approximate surface area is 213 Å². The molecule has 192 valence electrons. The highest BCUT2D eigenvalue weighted by atomic mass is 16.5. The van der Waals surface area contributed by atoms with Crippen LogP contribution in [0.15, 0.2) is 59.4 Å². The number of pyridine rings is 1. The van der Waals surface area contributed by atoms with Gasteiger partial charge in [-0.05, 0) is 48.7 Å². The third kappa shape index (κ3) is 4.82. The van der Waals surface area contributed by atoms with Crippen LogP contribution in [0.1, 0.15) is 28.4 Å². The third-order valence-corrected chi connectivity index (χ3v) is 6.97. The van der Waals surface area contributed by atoms with Crippen LogP contribution in [0.3, 0.4) is 0 Å². The molecule has 3 heterocycles. The van der Waals surface area contributed by atoms with E-state index >= 15 is 0 Å². The van der Waals surface area contributed by atoms with Crippen molar-refractivity contribution in [1.82, 2.24) is 4.57 Å². The number of carboxylic acids is 1.